The van der Waals surface area contributed by atoms with Crippen molar-refractivity contribution in [3.05, 3.63) is 11.7 Å². The zero-order chi connectivity index (χ0) is 14.0. The van der Waals surface area contributed by atoms with E-state index in [1.54, 1.807) is 0 Å². The van der Waals surface area contributed by atoms with Crippen molar-refractivity contribution < 1.29 is 14.4 Å². The average molecular weight is 267 g/mol. The zero-order valence-corrected chi connectivity index (χ0v) is 11.7. The van der Waals surface area contributed by atoms with Crippen LogP contribution in [0.5, 0.6) is 0 Å². The molecule has 2 rings (SSSR count). The maximum absolute atomic E-state index is 11.1. The zero-order valence-electron chi connectivity index (χ0n) is 11.7. The maximum atomic E-state index is 11.1. The highest BCUT2D eigenvalue weighted by atomic mass is 16.5. The summed E-state index contributed by atoms with van der Waals surface area (Å²) in [5.74, 6) is 0.947. The van der Waals surface area contributed by atoms with Crippen LogP contribution >= 0.6 is 0 Å². The van der Waals surface area contributed by atoms with E-state index in [4.69, 9.17) is 9.63 Å². The molecule has 1 aromatic heterocycles. The number of hydrogen-bond donors (Lipinski definition) is 1. The second-order valence-corrected chi connectivity index (χ2v) is 5.82. The van der Waals surface area contributed by atoms with Crippen LogP contribution in [0, 0.1) is 17.8 Å². The maximum Gasteiger partial charge on any atom is 0.308 e. The fourth-order valence-corrected chi connectivity index (χ4v) is 2.50. The molecule has 1 aromatic rings. The summed E-state index contributed by atoms with van der Waals surface area (Å²) < 4.78 is 5.18. The third-order valence-electron chi connectivity index (χ3n) is 3.46. The van der Waals surface area contributed by atoms with Gasteiger partial charge in [-0.3, -0.25) is 9.69 Å². The Morgan fingerprint density at radius 2 is 2.26 bits per heavy atom. The van der Waals surface area contributed by atoms with E-state index < -0.39 is 5.97 Å². The molecule has 6 heteroatoms. The first-order valence-corrected chi connectivity index (χ1v) is 6.72. The fourth-order valence-electron chi connectivity index (χ4n) is 2.50. The lowest BCUT2D eigenvalue weighted by atomic mass is 9.99. The molecule has 2 unspecified atom stereocenters. The number of aromatic nitrogens is 2. The third kappa shape index (κ3) is 3.53. The van der Waals surface area contributed by atoms with Crippen molar-refractivity contribution in [2.45, 2.75) is 33.7 Å². The van der Waals surface area contributed by atoms with E-state index >= 15 is 0 Å². The van der Waals surface area contributed by atoms with Crippen LogP contribution in [0.3, 0.4) is 0 Å². The standard InChI is InChI=1S/C13H21N3O3/c1-8(2)4-12-14-11(15-19-12)7-16-5-9(3)10(6-16)13(17)18/h8-10H,4-7H2,1-3H3,(H,17,18). The van der Waals surface area contributed by atoms with Crippen molar-refractivity contribution in [3.63, 3.8) is 0 Å². The second kappa shape index (κ2) is 5.69. The topological polar surface area (TPSA) is 79.5 Å². The van der Waals surface area contributed by atoms with Crippen molar-refractivity contribution in [3.8, 4) is 0 Å². The Kier molecular flexibility index (Phi) is 4.19. The van der Waals surface area contributed by atoms with Crippen molar-refractivity contribution in [2.75, 3.05) is 13.1 Å². The molecule has 0 amide bonds. The van der Waals surface area contributed by atoms with Gasteiger partial charge in [-0.05, 0) is 11.8 Å². The Balaban J connectivity index is 1.92. The number of rotatable bonds is 5. The van der Waals surface area contributed by atoms with Crippen LogP contribution in [0.2, 0.25) is 0 Å². The van der Waals surface area contributed by atoms with E-state index in [0.717, 1.165) is 13.0 Å². The summed E-state index contributed by atoms with van der Waals surface area (Å²) in [4.78, 5) is 17.5. The highest BCUT2D eigenvalue weighted by Crippen LogP contribution is 2.24. The van der Waals surface area contributed by atoms with Crippen molar-refractivity contribution >= 4 is 5.97 Å². The van der Waals surface area contributed by atoms with Gasteiger partial charge in [0.25, 0.3) is 0 Å². The minimum atomic E-state index is -0.719. The molecule has 0 spiro atoms. The van der Waals surface area contributed by atoms with Crippen molar-refractivity contribution in [1.29, 1.82) is 0 Å². The molecular weight excluding hydrogens is 246 g/mol. The molecule has 0 saturated carbocycles. The van der Waals surface area contributed by atoms with E-state index in [1.807, 2.05) is 6.92 Å². The lowest BCUT2D eigenvalue weighted by Crippen LogP contribution is -2.23. The van der Waals surface area contributed by atoms with Crippen LogP contribution in [-0.4, -0.2) is 39.2 Å². The molecule has 0 radical (unpaired) electrons. The largest absolute Gasteiger partial charge is 0.481 e. The van der Waals surface area contributed by atoms with E-state index in [0.29, 0.717) is 30.7 Å². The molecule has 0 aliphatic carbocycles. The second-order valence-electron chi connectivity index (χ2n) is 5.82. The molecule has 106 valence electrons. The van der Waals surface area contributed by atoms with Gasteiger partial charge in [0.1, 0.15) is 0 Å². The van der Waals surface area contributed by atoms with Gasteiger partial charge < -0.3 is 9.63 Å². The molecule has 6 nitrogen and oxygen atoms in total. The lowest BCUT2D eigenvalue weighted by molar-refractivity contribution is -0.142. The molecule has 1 N–H and O–H groups in total. The first-order valence-electron chi connectivity index (χ1n) is 6.72. The van der Waals surface area contributed by atoms with Gasteiger partial charge >= 0.3 is 5.97 Å². The molecule has 2 heterocycles. The van der Waals surface area contributed by atoms with E-state index in [9.17, 15) is 4.79 Å². The smallest absolute Gasteiger partial charge is 0.308 e. The number of carbonyl (C=O) groups is 1. The summed E-state index contributed by atoms with van der Waals surface area (Å²) >= 11 is 0. The van der Waals surface area contributed by atoms with Gasteiger partial charge in [0, 0.05) is 19.5 Å². The normalized spacial score (nSPS) is 24.2. The molecule has 1 aliphatic rings. The molecule has 0 bridgehead atoms. The van der Waals surface area contributed by atoms with Crippen molar-refractivity contribution in [2.24, 2.45) is 17.8 Å². The monoisotopic (exact) mass is 267 g/mol. The lowest BCUT2D eigenvalue weighted by Gasteiger charge is -2.11. The van der Waals surface area contributed by atoms with E-state index in [2.05, 4.69) is 28.9 Å². The van der Waals surface area contributed by atoms with Gasteiger partial charge in [-0.2, -0.15) is 4.98 Å². The number of carboxylic acid groups (broad SMARTS) is 1. The highest BCUT2D eigenvalue weighted by Gasteiger charge is 2.35. The minimum absolute atomic E-state index is 0.166. The SMILES string of the molecule is CC(C)Cc1nc(CN2CC(C)C(C(=O)O)C2)no1. The van der Waals surface area contributed by atoms with Crippen LogP contribution in [0.25, 0.3) is 0 Å². The number of hydrogen-bond acceptors (Lipinski definition) is 5. The Bertz CT molecular complexity index is 444. The van der Waals surface area contributed by atoms with E-state index in [1.165, 1.54) is 0 Å². The Labute approximate surface area is 112 Å². The van der Waals surface area contributed by atoms with Gasteiger partial charge in [-0.1, -0.05) is 25.9 Å². The third-order valence-corrected chi connectivity index (χ3v) is 3.46. The molecule has 19 heavy (non-hydrogen) atoms. The minimum Gasteiger partial charge on any atom is -0.481 e. The Morgan fingerprint density at radius 3 is 2.84 bits per heavy atom. The van der Waals surface area contributed by atoms with Crippen LogP contribution in [-0.2, 0) is 17.8 Å². The number of nitrogens with zero attached hydrogens (tertiary/aromatic N) is 3. The van der Waals surface area contributed by atoms with Crippen LogP contribution in [0.4, 0.5) is 0 Å². The van der Waals surface area contributed by atoms with Gasteiger partial charge in [-0.15, -0.1) is 0 Å². The fraction of sp³-hybridized carbons (Fsp3) is 0.769. The molecule has 1 saturated heterocycles. The van der Waals surface area contributed by atoms with Crippen LogP contribution in [0.15, 0.2) is 4.52 Å². The summed E-state index contributed by atoms with van der Waals surface area (Å²) in [7, 11) is 0. The first-order chi connectivity index (χ1) is 8.95. The van der Waals surface area contributed by atoms with Gasteiger partial charge in [0.05, 0.1) is 12.5 Å². The molecule has 1 fully saturated rings. The molecule has 0 aromatic carbocycles. The van der Waals surface area contributed by atoms with E-state index in [-0.39, 0.29) is 11.8 Å². The number of carboxylic acids is 1. The molecule has 1 aliphatic heterocycles. The summed E-state index contributed by atoms with van der Waals surface area (Å²) in [5.41, 5.74) is 0. The summed E-state index contributed by atoms with van der Waals surface area (Å²) in [5, 5.41) is 13.0. The van der Waals surface area contributed by atoms with Gasteiger partial charge in [-0.25, -0.2) is 0 Å². The van der Waals surface area contributed by atoms with Gasteiger partial charge in [0.2, 0.25) is 5.89 Å². The summed E-state index contributed by atoms with van der Waals surface area (Å²) in [6, 6.07) is 0. The quantitative estimate of drug-likeness (QED) is 0.869. The molecular formula is C13H21N3O3. The number of likely N-dealkylation sites (tertiary alicyclic amines) is 1. The number of aliphatic carboxylic acids is 1. The first kappa shape index (κ1) is 14.0. The Hall–Kier alpha value is -1.43. The Morgan fingerprint density at radius 1 is 1.53 bits per heavy atom. The van der Waals surface area contributed by atoms with Crippen LogP contribution in [0.1, 0.15) is 32.5 Å². The molecule has 2 atom stereocenters. The predicted octanol–water partition coefficient (Wildman–Crippen LogP) is 1.42. The highest BCUT2D eigenvalue weighted by molar-refractivity contribution is 5.71. The predicted molar refractivity (Wildman–Crippen MR) is 68.4 cm³/mol. The van der Waals surface area contributed by atoms with Crippen LogP contribution < -0.4 is 0 Å². The summed E-state index contributed by atoms with van der Waals surface area (Å²) in [6.45, 7) is 8.07. The van der Waals surface area contributed by atoms with Crippen molar-refractivity contribution in [1.82, 2.24) is 15.0 Å². The average Bonchev–Trinajstić information content (AvgIpc) is 2.85. The van der Waals surface area contributed by atoms with Gasteiger partial charge in [0.15, 0.2) is 5.82 Å². The summed E-state index contributed by atoms with van der Waals surface area (Å²) in [6.07, 6.45) is 0.779.